The van der Waals surface area contributed by atoms with E-state index in [1.54, 1.807) is 0 Å². The average molecular weight is 239 g/mol. The lowest BCUT2D eigenvalue weighted by molar-refractivity contribution is 0.112. The molecule has 2 aromatic heterocycles. The van der Waals surface area contributed by atoms with Crippen LogP contribution in [0.1, 0.15) is 10.4 Å². The van der Waals surface area contributed by atoms with Crippen LogP contribution in [-0.2, 0) is 0 Å². The van der Waals surface area contributed by atoms with Gasteiger partial charge in [0.05, 0.1) is 5.56 Å². The third-order valence-corrected chi connectivity index (χ3v) is 3.12. The van der Waals surface area contributed by atoms with Crippen LogP contribution in [0.4, 0.5) is 11.6 Å². The summed E-state index contributed by atoms with van der Waals surface area (Å²) in [4.78, 5) is 19.7. The number of benzene rings is 1. The monoisotopic (exact) mass is 239 g/mol. The minimum Gasteiger partial charge on any atom is -0.348 e. The molecule has 2 N–H and O–H groups in total. The van der Waals surface area contributed by atoms with Gasteiger partial charge in [0.2, 0.25) is 0 Å². The van der Waals surface area contributed by atoms with Crippen LogP contribution in [0, 0.1) is 0 Å². The van der Waals surface area contributed by atoms with Crippen molar-refractivity contribution in [1.82, 2.24) is 9.97 Å². The quantitative estimate of drug-likeness (QED) is 0.690. The van der Waals surface area contributed by atoms with Crippen molar-refractivity contribution < 1.29 is 4.79 Å². The van der Waals surface area contributed by atoms with E-state index < -0.39 is 0 Å². The van der Waals surface area contributed by atoms with Gasteiger partial charge in [0, 0.05) is 24.1 Å². The second-order valence-electron chi connectivity index (χ2n) is 4.17. The van der Waals surface area contributed by atoms with Crippen LogP contribution in [0.15, 0.2) is 42.6 Å². The number of rotatable bonds is 3. The fourth-order valence-corrected chi connectivity index (χ4v) is 2.18. The van der Waals surface area contributed by atoms with Crippen molar-refractivity contribution in [2.45, 2.75) is 0 Å². The summed E-state index contributed by atoms with van der Waals surface area (Å²) in [7, 11) is 1.92. The number of fused-ring (bicyclic) bond motifs is 1. The third-order valence-electron chi connectivity index (χ3n) is 3.12. The summed E-state index contributed by atoms with van der Waals surface area (Å²) in [6.07, 6.45) is 2.75. The summed E-state index contributed by atoms with van der Waals surface area (Å²) in [6.45, 7) is 0. The highest BCUT2D eigenvalue weighted by molar-refractivity contribution is 6.03. The summed E-state index contributed by atoms with van der Waals surface area (Å²) in [5.41, 5.74) is 1.65. The fourth-order valence-electron chi connectivity index (χ4n) is 2.18. The van der Waals surface area contributed by atoms with E-state index in [1.807, 2.05) is 54.5 Å². The van der Waals surface area contributed by atoms with E-state index in [0.29, 0.717) is 5.56 Å². The van der Waals surface area contributed by atoms with Gasteiger partial charge in [-0.3, -0.25) is 4.79 Å². The van der Waals surface area contributed by atoms with Crippen molar-refractivity contribution >= 4 is 28.8 Å². The number of carbonyl (C=O) groups is 1. The topological polar surface area (TPSA) is 51.9 Å². The molecule has 1 aromatic carbocycles. The lowest BCUT2D eigenvalue weighted by Gasteiger charge is -2.16. The van der Waals surface area contributed by atoms with Crippen LogP contribution in [0.25, 0.3) is 10.9 Å². The minimum atomic E-state index is 0.683. The van der Waals surface area contributed by atoms with E-state index in [1.165, 1.54) is 0 Å². The predicted molar refractivity (Wildman–Crippen MR) is 72.5 cm³/mol. The maximum Gasteiger partial charge on any atom is 0.154 e. The molecule has 0 spiro atoms. The van der Waals surface area contributed by atoms with Gasteiger partial charge in [-0.15, -0.1) is 0 Å². The number of aromatic nitrogens is 2. The normalized spacial score (nSPS) is 10.7. The first-order valence-corrected chi connectivity index (χ1v) is 5.74. The highest BCUT2D eigenvalue weighted by Crippen LogP contribution is 2.30. The smallest absolute Gasteiger partial charge is 0.154 e. The largest absolute Gasteiger partial charge is 0.348 e. The lowest BCUT2D eigenvalue weighted by Crippen LogP contribution is -2.11. The Morgan fingerprint density at radius 1 is 1.17 bits per heavy atom. The van der Waals surface area contributed by atoms with E-state index in [2.05, 4.69) is 9.97 Å². The molecule has 0 fully saturated rings. The second kappa shape index (κ2) is 4.07. The molecule has 18 heavy (non-hydrogen) atoms. The molecule has 3 aromatic rings. The molecule has 0 amide bonds. The molecule has 0 aliphatic carbocycles. The standard InChI is InChI=1S/C14H13N3O/c1-17(13-7-4-8-15-13)14-11(9-18)10-5-2-3-6-12(10)16-14/h2-9,15-16H,1H3. The molecule has 0 radical (unpaired) electrons. The number of nitrogens with zero attached hydrogens (tertiary/aromatic N) is 1. The summed E-state index contributed by atoms with van der Waals surface area (Å²) < 4.78 is 0. The second-order valence-corrected chi connectivity index (χ2v) is 4.17. The number of carbonyl (C=O) groups excluding carboxylic acids is 1. The number of aromatic amines is 2. The number of anilines is 2. The van der Waals surface area contributed by atoms with Gasteiger partial charge in [-0.25, -0.2) is 0 Å². The molecular formula is C14H13N3O. The van der Waals surface area contributed by atoms with Gasteiger partial charge in [0.25, 0.3) is 0 Å². The molecule has 0 aliphatic heterocycles. The van der Waals surface area contributed by atoms with E-state index >= 15 is 0 Å². The Hall–Kier alpha value is -2.49. The van der Waals surface area contributed by atoms with Crippen molar-refractivity contribution in [3.8, 4) is 0 Å². The summed E-state index contributed by atoms with van der Waals surface area (Å²) >= 11 is 0. The molecule has 0 bridgehead atoms. The van der Waals surface area contributed by atoms with E-state index in [4.69, 9.17) is 0 Å². The first-order chi connectivity index (χ1) is 8.81. The molecule has 4 nitrogen and oxygen atoms in total. The fraction of sp³-hybridized carbons (Fsp3) is 0.0714. The molecule has 0 saturated carbocycles. The van der Waals surface area contributed by atoms with E-state index in [0.717, 1.165) is 28.8 Å². The van der Waals surface area contributed by atoms with Crippen LogP contribution in [0.5, 0.6) is 0 Å². The molecule has 0 aliphatic rings. The van der Waals surface area contributed by atoms with Gasteiger partial charge in [0.1, 0.15) is 11.6 Å². The van der Waals surface area contributed by atoms with Crippen molar-refractivity contribution in [3.05, 3.63) is 48.2 Å². The highest BCUT2D eigenvalue weighted by Gasteiger charge is 2.15. The summed E-state index contributed by atoms with van der Waals surface area (Å²) in [5, 5.41) is 0.945. The molecule has 2 heterocycles. The molecule has 90 valence electrons. The van der Waals surface area contributed by atoms with Gasteiger partial charge in [-0.2, -0.15) is 0 Å². The number of aldehydes is 1. The Morgan fingerprint density at radius 2 is 2.00 bits per heavy atom. The first kappa shape index (κ1) is 10.7. The maximum atomic E-state index is 11.3. The predicted octanol–water partition coefficient (Wildman–Crippen LogP) is 3.08. The van der Waals surface area contributed by atoms with Gasteiger partial charge in [-0.05, 0) is 18.2 Å². The van der Waals surface area contributed by atoms with Crippen LogP contribution in [-0.4, -0.2) is 23.3 Å². The van der Waals surface area contributed by atoms with Crippen molar-refractivity contribution in [2.24, 2.45) is 0 Å². The molecule has 0 saturated heterocycles. The minimum absolute atomic E-state index is 0.683. The first-order valence-electron chi connectivity index (χ1n) is 5.74. The Bertz CT molecular complexity index is 682. The molecule has 3 rings (SSSR count). The molecular weight excluding hydrogens is 226 g/mol. The van der Waals surface area contributed by atoms with Crippen LogP contribution in [0.2, 0.25) is 0 Å². The van der Waals surface area contributed by atoms with Crippen LogP contribution < -0.4 is 4.90 Å². The SMILES string of the molecule is CN(c1ccc[nH]1)c1[nH]c2ccccc2c1C=O. The van der Waals surface area contributed by atoms with Crippen LogP contribution >= 0.6 is 0 Å². The summed E-state index contributed by atoms with van der Waals surface area (Å²) in [6, 6.07) is 11.7. The highest BCUT2D eigenvalue weighted by atomic mass is 16.1. The Labute approximate surface area is 104 Å². The maximum absolute atomic E-state index is 11.3. The number of H-pyrrole nitrogens is 2. The zero-order chi connectivity index (χ0) is 12.5. The Balaban J connectivity index is 2.20. The van der Waals surface area contributed by atoms with Gasteiger partial charge in [0.15, 0.2) is 6.29 Å². The molecule has 4 heteroatoms. The van der Waals surface area contributed by atoms with Gasteiger partial charge >= 0.3 is 0 Å². The van der Waals surface area contributed by atoms with Gasteiger partial charge < -0.3 is 14.9 Å². The summed E-state index contributed by atoms with van der Waals surface area (Å²) in [5.74, 6) is 1.73. The number of nitrogens with one attached hydrogen (secondary N) is 2. The number of para-hydroxylation sites is 1. The number of hydrogen-bond acceptors (Lipinski definition) is 2. The van der Waals surface area contributed by atoms with E-state index in [9.17, 15) is 4.79 Å². The van der Waals surface area contributed by atoms with Gasteiger partial charge in [-0.1, -0.05) is 18.2 Å². The zero-order valence-corrected chi connectivity index (χ0v) is 9.97. The molecule has 0 unspecified atom stereocenters. The zero-order valence-electron chi connectivity index (χ0n) is 9.97. The van der Waals surface area contributed by atoms with Crippen molar-refractivity contribution in [2.75, 3.05) is 11.9 Å². The van der Waals surface area contributed by atoms with Crippen molar-refractivity contribution in [3.63, 3.8) is 0 Å². The third kappa shape index (κ3) is 1.50. The number of hydrogen-bond donors (Lipinski definition) is 2. The van der Waals surface area contributed by atoms with E-state index in [-0.39, 0.29) is 0 Å². The Morgan fingerprint density at radius 3 is 2.72 bits per heavy atom. The lowest BCUT2D eigenvalue weighted by atomic mass is 10.2. The van der Waals surface area contributed by atoms with Crippen LogP contribution in [0.3, 0.4) is 0 Å². The van der Waals surface area contributed by atoms with Crippen molar-refractivity contribution in [1.29, 1.82) is 0 Å². The Kier molecular flexibility index (Phi) is 2.41. The average Bonchev–Trinajstić information content (AvgIpc) is 3.04. The molecule has 0 atom stereocenters.